The van der Waals surface area contributed by atoms with E-state index in [0.29, 0.717) is 19.1 Å². The Morgan fingerprint density at radius 2 is 2.27 bits per heavy atom. The van der Waals surface area contributed by atoms with Gasteiger partial charge in [0.1, 0.15) is 0 Å². The molecule has 1 saturated carbocycles. The van der Waals surface area contributed by atoms with Crippen LogP contribution in [-0.2, 0) is 4.74 Å². The molecule has 90 valence electrons. The van der Waals surface area contributed by atoms with E-state index in [2.05, 4.69) is 10.2 Å². The monoisotopic (exact) mass is 216 g/mol. The molecule has 4 heteroatoms. The third-order valence-electron chi connectivity index (χ3n) is 2.56. The highest BCUT2D eigenvalue weighted by molar-refractivity contribution is 4.82. The van der Waals surface area contributed by atoms with E-state index in [-0.39, 0.29) is 6.10 Å². The quantitative estimate of drug-likeness (QED) is 0.535. The summed E-state index contributed by atoms with van der Waals surface area (Å²) in [5.74, 6) is 0. The summed E-state index contributed by atoms with van der Waals surface area (Å²) < 4.78 is 5.25. The Labute approximate surface area is 92.6 Å². The summed E-state index contributed by atoms with van der Waals surface area (Å²) in [5.41, 5.74) is 0. The highest BCUT2D eigenvalue weighted by atomic mass is 16.5. The topological polar surface area (TPSA) is 44.7 Å². The Morgan fingerprint density at radius 1 is 1.53 bits per heavy atom. The minimum absolute atomic E-state index is 0.266. The van der Waals surface area contributed by atoms with Crippen molar-refractivity contribution in [2.45, 2.75) is 31.9 Å². The van der Waals surface area contributed by atoms with Crippen molar-refractivity contribution < 1.29 is 9.84 Å². The summed E-state index contributed by atoms with van der Waals surface area (Å²) in [6.45, 7) is 5.81. The highest BCUT2D eigenvalue weighted by Crippen LogP contribution is 2.18. The zero-order valence-corrected chi connectivity index (χ0v) is 9.91. The number of likely N-dealkylation sites (N-methyl/N-ethyl adjacent to an activating group) is 1. The Hall–Kier alpha value is -0.160. The van der Waals surface area contributed by atoms with Crippen molar-refractivity contribution >= 4 is 0 Å². The van der Waals surface area contributed by atoms with Crippen LogP contribution in [0, 0.1) is 0 Å². The zero-order valence-electron chi connectivity index (χ0n) is 9.91. The molecule has 1 atom stereocenters. The average Bonchev–Trinajstić information content (AvgIpc) is 2.98. The van der Waals surface area contributed by atoms with Crippen LogP contribution in [-0.4, -0.2) is 62.0 Å². The fraction of sp³-hybridized carbons (Fsp3) is 1.00. The first-order valence-electron chi connectivity index (χ1n) is 5.90. The molecule has 1 unspecified atom stereocenters. The second-order valence-corrected chi connectivity index (χ2v) is 4.30. The van der Waals surface area contributed by atoms with Gasteiger partial charge in [0.15, 0.2) is 0 Å². The van der Waals surface area contributed by atoms with E-state index in [0.717, 1.165) is 19.8 Å². The highest BCUT2D eigenvalue weighted by Gasteiger charge is 2.21. The molecule has 0 heterocycles. The fourth-order valence-electron chi connectivity index (χ4n) is 1.47. The molecule has 0 spiro atoms. The molecule has 0 aromatic carbocycles. The van der Waals surface area contributed by atoms with Crippen LogP contribution in [0.25, 0.3) is 0 Å². The van der Waals surface area contributed by atoms with Gasteiger partial charge >= 0.3 is 0 Å². The first-order chi connectivity index (χ1) is 7.22. The van der Waals surface area contributed by atoms with Crippen molar-refractivity contribution in [1.82, 2.24) is 10.2 Å². The first kappa shape index (κ1) is 12.9. The summed E-state index contributed by atoms with van der Waals surface area (Å²) in [6.07, 6.45) is 2.28. The first-order valence-corrected chi connectivity index (χ1v) is 5.90. The molecule has 2 N–H and O–H groups in total. The van der Waals surface area contributed by atoms with Gasteiger partial charge in [-0.15, -0.1) is 0 Å². The van der Waals surface area contributed by atoms with Gasteiger partial charge in [0.05, 0.1) is 12.7 Å². The molecule has 0 amide bonds. The molecule has 0 aliphatic heterocycles. The standard InChI is InChI=1S/C11H24N2O2/c1-3-15-7-6-13(2)9-11(14)8-12-10-4-5-10/h10-12,14H,3-9H2,1-2H3. The van der Waals surface area contributed by atoms with Gasteiger partial charge in [-0.05, 0) is 26.8 Å². The van der Waals surface area contributed by atoms with Crippen LogP contribution in [0.4, 0.5) is 0 Å². The van der Waals surface area contributed by atoms with Crippen LogP contribution in [0.5, 0.6) is 0 Å². The maximum absolute atomic E-state index is 9.71. The molecule has 0 aromatic rings. The molecule has 1 fully saturated rings. The van der Waals surface area contributed by atoms with Gasteiger partial charge in [0.25, 0.3) is 0 Å². The molecule has 0 aromatic heterocycles. The lowest BCUT2D eigenvalue weighted by atomic mass is 10.3. The number of aliphatic hydroxyl groups excluding tert-OH is 1. The van der Waals surface area contributed by atoms with Gasteiger partial charge in [0, 0.05) is 32.3 Å². The average molecular weight is 216 g/mol. The zero-order chi connectivity index (χ0) is 11.1. The van der Waals surface area contributed by atoms with E-state index in [1.807, 2.05) is 14.0 Å². The summed E-state index contributed by atoms with van der Waals surface area (Å²) >= 11 is 0. The van der Waals surface area contributed by atoms with Crippen molar-refractivity contribution in [3.05, 3.63) is 0 Å². The molecular formula is C11H24N2O2. The molecule has 0 saturated heterocycles. The Morgan fingerprint density at radius 3 is 2.87 bits per heavy atom. The molecule has 1 aliphatic rings. The van der Waals surface area contributed by atoms with Gasteiger partial charge in [-0.25, -0.2) is 0 Å². The van der Waals surface area contributed by atoms with Crippen LogP contribution in [0.1, 0.15) is 19.8 Å². The second-order valence-electron chi connectivity index (χ2n) is 4.30. The van der Waals surface area contributed by atoms with E-state index in [1.54, 1.807) is 0 Å². The van der Waals surface area contributed by atoms with E-state index >= 15 is 0 Å². The van der Waals surface area contributed by atoms with Gasteiger partial charge in [-0.2, -0.15) is 0 Å². The summed E-state index contributed by atoms with van der Waals surface area (Å²) in [5, 5.41) is 13.0. The number of nitrogens with zero attached hydrogens (tertiary/aromatic N) is 1. The Bertz CT molecular complexity index is 163. The fourth-order valence-corrected chi connectivity index (χ4v) is 1.47. The number of hydrogen-bond acceptors (Lipinski definition) is 4. The molecule has 4 nitrogen and oxygen atoms in total. The Balaban J connectivity index is 1.94. The number of aliphatic hydroxyl groups is 1. The summed E-state index contributed by atoms with van der Waals surface area (Å²) in [6, 6.07) is 0.674. The summed E-state index contributed by atoms with van der Waals surface area (Å²) in [7, 11) is 2.01. The third kappa shape index (κ3) is 6.84. The van der Waals surface area contributed by atoms with E-state index < -0.39 is 0 Å². The smallest absolute Gasteiger partial charge is 0.0791 e. The largest absolute Gasteiger partial charge is 0.390 e. The number of nitrogens with one attached hydrogen (secondary N) is 1. The van der Waals surface area contributed by atoms with Gasteiger partial charge < -0.3 is 20.1 Å². The predicted octanol–water partition coefficient (Wildman–Crippen LogP) is 0.0676. The third-order valence-corrected chi connectivity index (χ3v) is 2.56. The maximum atomic E-state index is 9.71. The molecule has 1 rings (SSSR count). The van der Waals surface area contributed by atoms with Gasteiger partial charge in [-0.1, -0.05) is 0 Å². The van der Waals surface area contributed by atoms with Crippen molar-refractivity contribution in [2.24, 2.45) is 0 Å². The minimum atomic E-state index is -0.266. The maximum Gasteiger partial charge on any atom is 0.0791 e. The van der Waals surface area contributed by atoms with Crippen molar-refractivity contribution in [3.63, 3.8) is 0 Å². The Kier molecular flexibility index (Phi) is 6.17. The van der Waals surface area contributed by atoms with Crippen LogP contribution in [0.2, 0.25) is 0 Å². The molecule has 0 radical (unpaired) electrons. The van der Waals surface area contributed by atoms with Gasteiger partial charge in [0.2, 0.25) is 0 Å². The summed E-state index contributed by atoms with van der Waals surface area (Å²) in [4.78, 5) is 2.11. The molecule has 15 heavy (non-hydrogen) atoms. The second kappa shape index (κ2) is 7.17. The lowest BCUT2D eigenvalue weighted by Gasteiger charge is -2.20. The molecular weight excluding hydrogens is 192 g/mol. The van der Waals surface area contributed by atoms with Crippen LogP contribution >= 0.6 is 0 Å². The lowest BCUT2D eigenvalue weighted by molar-refractivity contribution is 0.0885. The van der Waals surface area contributed by atoms with Crippen molar-refractivity contribution in [1.29, 1.82) is 0 Å². The van der Waals surface area contributed by atoms with E-state index in [9.17, 15) is 5.11 Å². The predicted molar refractivity (Wildman–Crippen MR) is 61.0 cm³/mol. The lowest BCUT2D eigenvalue weighted by Crippen LogP contribution is -2.38. The number of hydrogen-bond donors (Lipinski definition) is 2. The van der Waals surface area contributed by atoms with Gasteiger partial charge in [-0.3, -0.25) is 0 Å². The normalized spacial score (nSPS) is 18.4. The number of rotatable bonds is 9. The van der Waals surface area contributed by atoms with E-state index in [1.165, 1.54) is 12.8 Å². The SMILES string of the molecule is CCOCCN(C)CC(O)CNC1CC1. The van der Waals surface area contributed by atoms with Crippen molar-refractivity contribution in [2.75, 3.05) is 39.9 Å². The van der Waals surface area contributed by atoms with Crippen LogP contribution in [0.15, 0.2) is 0 Å². The van der Waals surface area contributed by atoms with Crippen molar-refractivity contribution in [3.8, 4) is 0 Å². The van der Waals surface area contributed by atoms with Crippen LogP contribution in [0.3, 0.4) is 0 Å². The minimum Gasteiger partial charge on any atom is -0.390 e. The van der Waals surface area contributed by atoms with Crippen LogP contribution < -0.4 is 5.32 Å². The molecule has 0 bridgehead atoms. The molecule has 1 aliphatic carbocycles. The van der Waals surface area contributed by atoms with E-state index in [4.69, 9.17) is 4.74 Å². The number of ether oxygens (including phenoxy) is 1.